The lowest BCUT2D eigenvalue weighted by molar-refractivity contribution is -0.137. The largest absolute Gasteiger partial charge is 0.481 e. The van der Waals surface area contributed by atoms with Crippen LogP contribution >= 0.6 is 0 Å². The number of allylic oxidation sites excluding steroid dienone is 4. The molecule has 0 fully saturated rings. The van der Waals surface area contributed by atoms with Crippen LogP contribution in [0.4, 0.5) is 0 Å². The number of carboxylic acids is 1. The number of unbranched alkanes of at least 4 members (excludes halogenated alkanes) is 8. The van der Waals surface area contributed by atoms with E-state index in [4.69, 9.17) is 5.11 Å². The number of carbonyl (C=O) groups is 1. The standard InChI is InChI=1S/C20H36O2/c1-4-5-6-11-14-17-20(2,3)18-15-12-9-7-8-10-13-16-19(21)22/h14-15,17-18H,4-13,16H2,1-3H3,(H,21,22)/b17-14+,18-15+. The highest BCUT2D eigenvalue weighted by Gasteiger charge is 2.07. The Bertz CT molecular complexity index is 327. The van der Waals surface area contributed by atoms with Crippen molar-refractivity contribution < 1.29 is 9.90 Å². The lowest BCUT2D eigenvalue weighted by atomic mass is 9.91. The first kappa shape index (κ1) is 20.9. The van der Waals surface area contributed by atoms with Crippen LogP contribution in [-0.4, -0.2) is 11.1 Å². The number of hydrogen-bond donors (Lipinski definition) is 1. The molecule has 0 aliphatic carbocycles. The molecule has 0 saturated carbocycles. The molecular weight excluding hydrogens is 272 g/mol. The van der Waals surface area contributed by atoms with Crippen LogP contribution in [0.1, 0.15) is 91.4 Å². The first-order valence-electron chi connectivity index (χ1n) is 9.05. The molecule has 0 radical (unpaired) electrons. The van der Waals surface area contributed by atoms with E-state index in [9.17, 15) is 4.79 Å². The van der Waals surface area contributed by atoms with Gasteiger partial charge in [-0.05, 0) is 32.1 Å². The molecule has 0 rings (SSSR count). The minimum atomic E-state index is -0.673. The first-order chi connectivity index (χ1) is 10.5. The predicted molar refractivity (Wildman–Crippen MR) is 96.2 cm³/mol. The van der Waals surface area contributed by atoms with Crippen molar-refractivity contribution in [3.8, 4) is 0 Å². The molecule has 0 unspecified atom stereocenters. The molecule has 0 saturated heterocycles. The van der Waals surface area contributed by atoms with Crippen molar-refractivity contribution in [1.82, 2.24) is 0 Å². The van der Waals surface area contributed by atoms with Crippen molar-refractivity contribution in [1.29, 1.82) is 0 Å². The monoisotopic (exact) mass is 308 g/mol. The molecule has 0 amide bonds. The van der Waals surface area contributed by atoms with Crippen LogP contribution in [-0.2, 0) is 4.79 Å². The van der Waals surface area contributed by atoms with Gasteiger partial charge in [-0.15, -0.1) is 0 Å². The second kappa shape index (κ2) is 13.6. The zero-order valence-electron chi connectivity index (χ0n) is 14.9. The average Bonchev–Trinajstić information content (AvgIpc) is 2.45. The van der Waals surface area contributed by atoms with Crippen molar-refractivity contribution in [2.75, 3.05) is 0 Å². The minimum Gasteiger partial charge on any atom is -0.481 e. The highest BCUT2D eigenvalue weighted by molar-refractivity contribution is 5.66. The molecule has 2 nitrogen and oxygen atoms in total. The van der Waals surface area contributed by atoms with Crippen molar-refractivity contribution >= 4 is 5.97 Å². The zero-order valence-corrected chi connectivity index (χ0v) is 14.9. The van der Waals surface area contributed by atoms with Gasteiger partial charge in [0.15, 0.2) is 0 Å². The maximum Gasteiger partial charge on any atom is 0.303 e. The Balaban J connectivity index is 3.62. The summed E-state index contributed by atoms with van der Waals surface area (Å²) in [6, 6.07) is 0. The Morgan fingerprint density at radius 1 is 0.864 bits per heavy atom. The van der Waals surface area contributed by atoms with Crippen LogP contribution in [0.2, 0.25) is 0 Å². The first-order valence-corrected chi connectivity index (χ1v) is 9.05. The molecule has 0 bridgehead atoms. The third kappa shape index (κ3) is 15.3. The fourth-order valence-corrected chi connectivity index (χ4v) is 2.41. The Morgan fingerprint density at radius 2 is 1.36 bits per heavy atom. The van der Waals surface area contributed by atoms with Crippen molar-refractivity contribution in [2.45, 2.75) is 91.4 Å². The van der Waals surface area contributed by atoms with Gasteiger partial charge in [0, 0.05) is 11.8 Å². The summed E-state index contributed by atoms with van der Waals surface area (Å²) in [6.45, 7) is 6.75. The lowest BCUT2D eigenvalue weighted by Crippen LogP contribution is -2.01. The fraction of sp³-hybridized carbons (Fsp3) is 0.750. The van der Waals surface area contributed by atoms with Crippen LogP contribution in [0.3, 0.4) is 0 Å². The molecule has 2 heteroatoms. The Labute approximate surface area is 137 Å². The van der Waals surface area contributed by atoms with E-state index in [1.54, 1.807) is 0 Å². The van der Waals surface area contributed by atoms with Crippen LogP contribution in [0.25, 0.3) is 0 Å². The van der Waals surface area contributed by atoms with E-state index in [2.05, 4.69) is 45.1 Å². The maximum atomic E-state index is 10.4. The molecule has 0 aromatic heterocycles. The summed E-state index contributed by atoms with van der Waals surface area (Å²) < 4.78 is 0. The van der Waals surface area contributed by atoms with Crippen LogP contribution in [0.15, 0.2) is 24.3 Å². The lowest BCUT2D eigenvalue weighted by Gasteiger charge is -2.14. The molecule has 1 N–H and O–H groups in total. The van der Waals surface area contributed by atoms with Gasteiger partial charge >= 0.3 is 5.97 Å². The van der Waals surface area contributed by atoms with E-state index in [-0.39, 0.29) is 5.41 Å². The van der Waals surface area contributed by atoms with E-state index in [0.717, 1.165) is 25.7 Å². The van der Waals surface area contributed by atoms with Crippen molar-refractivity contribution in [2.24, 2.45) is 5.41 Å². The van der Waals surface area contributed by atoms with Gasteiger partial charge in [-0.1, -0.05) is 77.2 Å². The van der Waals surface area contributed by atoms with E-state index in [0.29, 0.717) is 6.42 Å². The summed E-state index contributed by atoms with van der Waals surface area (Å²) in [5, 5.41) is 8.55. The van der Waals surface area contributed by atoms with E-state index in [1.807, 2.05) is 0 Å². The topological polar surface area (TPSA) is 37.3 Å². The van der Waals surface area contributed by atoms with Gasteiger partial charge < -0.3 is 5.11 Å². The number of hydrogen-bond acceptors (Lipinski definition) is 1. The summed E-state index contributed by atoms with van der Waals surface area (Å²) in [5.74, 6) is -0.673. The van der Waals surface area contributed by atoms with Gasteiger partial charge in [0.05, 0.1) is 0 Å². The highest BCUT2D eigenvalue weighted by atomic mass is 16.4. The molecule has 0 aromatic carbocycles. The van der Waals surface area contributed by atoms with Crippen molar-refractivity contribution in [3.63, 3.8) is 0 Å². The highest BCUT2D eigenvalue weighted by Crippen LogP contribution is 2.20. The maximum absolute atomic E-state index is 10.4. The molecular formula is C20H36O2. The zero-order chi connectivity index (χ0) is 16.7. The van der Waals surface area contributed by atoms with Crippen LogP contribution < -0.4 is 0 Å². The molecule has 0 heterocycles. The summed E-state index contributed by atoms with van der Waals surface area (Å²) in [7, 11) is 0. The molecule has 22 heavy (non-hydrogen) atoms. The molecule has 0 aliphatic heterocycles. The van der Waals surface area contributed by atoms with Gasteiger partial charge in [-0.25, -0.2) is 0 Å². The van der Waals surface area contributed by atoms with Crippen molar-refractivity contribution in [3.05, 3.63) is 24.3 Å². The van der Waals surface area contributed by atoms with Gasteiger partial charge in [0.25, 0.3) is 0 Å². The third-order valence-corrected chi connectivity index (χ3v) is 3.83. The van der Waals surface area contributed by atoms with Gasteiger partial charge in [0.1, 0.15) is 0 Å². The quantitative estimate of drug-likeness (QED) is 0.293. The minimum absolute atomic E-state index is 0.160. The summed E-state index contributed by atoms with van der Waals surface area (Å²) in [5.41, 5.74) is 0.160. The predicted octanol–water partition coefficient (Wildman–Crippen LogP) is 6.52. The Hall–Kier alpha value is -1.05. The van der Waals surface area contributed by atoms with E-state index >= 15 is 0 Å². The summed E-state index contributed by atoms with van der Waals surface area (Å²) in [4.78, 5) is 10.4. The molecule has 0 atom stereocenters. The normalized spacial score (nSPS) is 12.5. The smallest absolute Gasteiger partial charge is 0.303 e. The fourth-order valence-electron chi connectivity index (χ4n) is 2.41. The van der Waals surface area contributed by atoms with Gasteiger partial charge in [0.2, 0.25) is 0 Å². The second-order valence-electron chi connectivity index (χ2n) is 6.82. The number of carboxylic acid groups (broad SMARTS) is 1. The van der Waals surface area contributed by atoms with Crippen LogP contribution in [0.5, 0.6) is 0 Å². The average molecular weight is 309 g/mol. The number of aliphatic carboxylic acids is 1. The summed E-state index contributed by atoms with van der Waals surface area (Å²) in [6.07, 6.45) is 21.2. The summed E-state index contributed by atoms with van der Waals surface area (Å²) >= 11 is 0. The van der Waals surface area contributed by atoms with E-state index in [1.165, 1.54) is 38.5 Å². The molecule has 0 aromatic rings. The third-order valence-electron chi connectivity index (χ3n) is 3.83. The number of rotatable bonds is 14. The SMILES string of the molecule is CCCCC/C=C/C(C)(C)/C=C/CCCCCCCC(=O)O. The van der Waals surface area contributed by atoms with Gasteiger partial charge in [-0.3, -0.25) is 4.79 Å². The van der Waals surface area contributed by atoms with Crippen LogP contribution in [0, 0.1) is 5.41 Å². The van der Waals surface area contributed by atoms with E-state index < -0.39 is 5.97 Å². The Kier molecular flexibility index (Phi) is 13.0. The molecule has 0 spiro atoms. The second-order valence-corrected chi connectivity index (χ2v) is 6.82. The molecule has 0 aliphatic rings. The molecule has 128 valence electrons. The Morgan fingerprint density at radius 3 is 1.91 bits per heavy atom. The van der Waals surface area contributed by atoms with Gasteiger partial charge in [-0.2, -0.15) is 0 Å².